The second kappa shape index (κ2) is 8.27. The molecule has 0 spiro atoms. The van der Waals surface area contributed by atoms with Crippen LogP contribution < -0.4 is 10.1 Å². The van der Waals surface area contributed by atoms with E-state index in [-0.39, 0.29) is 37.3 Å². The van der Waals surface area contributed by atoms with Gasteiger partial charge in [0.05, 0.1) is 25.1 Å². The summed E-state index contributed by atoms with van der Waals surface area (Å²) < 4.78 is 7.35. The minimum atomic E-state index is -0.223. The van der Waals surface area contributed by atoms with Crippen LogP contribution in [0.25, 0.3) is 11.0 Å². The Morgan fingerprint density at radius 3 is 2.78 bits per heavy atom. The highest BCUT2D eigenvalue weighted by atomic mass is 16.5. The Morgan fingerprint density at radius 1 is 1.30 bits per heavy atom. The number of amides is 1. The van der Waals surface area contributed by atoms with Crippen molar-refractivity contribution in [3.8, 4) is 11.9 Å². The fourth-order valence-corrected chi connectivity index (χ4v) is 2.59. The van der Waals surface area contributed by atoms with Crippen LogP contribution >= 0.6 is 0 Å². The van der Waals surface area contributed by atoms with Gasteiger partial charge in [-0.25, -0.2) is 4.68 Å². The number of nitrogens with zero attached hydrogens (tertiary/aromatic N) is 5. The van der Waals surface area contributed by atoms with Crippen LogP contribution in [0, 0.1) is 11.3 Å². The fraction of sp³-hybridized carbons (Fsp3) is 0.316. The number of benzene rings is 1. The molecule has 0 aliphatic carbocycles. The number of carbonyl (C=O) groups is 1. The molecule has 1 aromatic carbocycles. The van der Waals surface area contributed by atoms with E-state index in [1.807, 2.05) is 50.2 Å². The maximum absolute atomic E-state index is 12.3. The van der Waals surface area contributed by atoms with Gasteiger partial charge < -0.3 is 4.74 Å². The molecular weight excluding hydrogens is 344 g/mol. The number of nitrogens with one attached hydrogen (secondary N) is 1. The van der Waals surface area contributed by atoms with E-state index in [0.29, 0.717) is 16.9 Å². The van der Waals surface area contributed by atoms with E-state index in [2.05, 4.69) is 20.4 Å². The molecule has 0 bridgehead atoms. The van der Waals surface area contributed by atoms with Crippen LogP contribution in [0.5, 0.6) is 5.88 Å². The predicted octanol–water partition coefficient (Wildman–Crippen LogP) is 2.88. The first kappa shape index (κ1) is 18.3. The van der Waals surface area contributed by atoms with E-state index < -0.39 is 0 Å². The summed E-state index contributed by atoms with van der Waals surface area (Å²) in [5.41, 5.74) is 1.47. The Hall–Kier alpha value is -3.47. The van der Waals surface area contributed by atoms with Gasteiger partial charge in [0.1, 0.15) is 12.0 Å². The van der Waals surface area contributed by atoms with Crippen molar-refractivity contribution in [3.63, 3.8) is 0 Å². The van der Waals surface area contributed by atoms with Crippen molar-refractivity contribution >= 4 is 22.9 Å². The van der Waals surface area contributed by atoms with Crippen LogP contribution in [-0.4, -0.2) is 32.3 Å². The second-order valence-corrected chi connectivity index (χ2v) is 6.24. The van der Waals surface area contributed by atoms with Crippen LogP contribution in [-0.2, 0) is 11.2 Å². The quantitative estimate of drug-likeness (QED) is 0.646. The Kier molecular flexibility index (Phi) is 5.61. The van der Waals surface area contributed by atoms with Gasteiger partial charge in [0, 0.05) is 6.04 Å². The maximum atomic E-state index is 12.3. The summed E-state index contributed by atoms with van der Waals surface area (Å²) in [7, 11) is 0. The van der Waals surface area contributed by atoms with Gasteiger partial charge in [-0.3, -0.25) is 10.1 Å². The van der Waals surface area contributed by atoms with E-state index in [1.165, 1.54) is 0 Å². The number of fused-ring (bicyclic) bond motifs is 1. The van der Waals surface area contributed by atoms with Crippen molar-refractivity contribution in [3.05, 3.63) is 42.1 Å². The fourth-order valence-electron chi connectivity index (χ4n) is 2.59. The molecule has 2 heterocycles. The number of nitriles is 1. The zero-order chi connectivity index (χ0) is 19.2. The monoisotopic (exact) mass is 364 g/mol. The minimum Gasteiger partial charge on any atom is -0.476 e. The highest BCUT2D eigenvalue weighted by Crippen LogP contribution is 2.26. The van der Waals surface area contributed by atoms with Crippen LogP contribution in [0.3, 0.4) is 0 Å². The molecule has 1 amide bonds. The molecule has 8 nitrogen and oxygen atoms in total. The van der Waals surface area contributed by atoms with Crippen LogP contribution in [0.1, 0.15) is 31.9 Å². The zero-order valence-corrected chi connectivity index (χ0v) is 15.2. The topological polar surface area (TPSA) is 106 Å². The highest BCUT2D eigenvalue weighted by Gasteiger charge is 2.17. The number of hydrogen-bond donors (Lipinski definition) is 1. The summed E-state index contributed by atoms with van der Waals surface area (Å²) in [6.45, 7) is 4.17. The van der Waals surface area contributed by atoms with E-state index in [9.17, 15) is 4.79 Å². The predicted molar refractivity (Wildman–Crippen MR) is 100 cm³/mol. The number of ether oxygens (including phenoxy) is 1. The lowest BCUT2D eigenvalue weighted by Gasteiger charge is -2.10. The lowest BCUT2D eigenvalue weighted by Crippen LogP contribution is -2.17. The van der Waals surface area contributed by atoms with E-state index >= 15 is 0 Å². The van der Waals surface area contributed by atoms with Gasteiger partial charge in [-0.15, -0.1) is 0 Å². The third-order valence-corrected chi connectivity index (χ3v) is 3.82. The summed E-state index contributed by atoms with van der Waals surface area (Å²) in [5, 5.41) is 16.4. The SMILES string of the molecule is CC(C)n1ncc2c(OCCC#N)nc(NC(=O)Cc3ccccc3)nc21. The van der Waals surface area contributed by atoms with E-state index in [1.54, 1.807) is 10.9 Å². The minimum absolute atomic E-state index is 0.0808. The molecule has 0 unspecified atom stereocenters. The number of carbonyl (C=O) groups excluding carboxylic acids is 1. The molecule has 0 saturated heterocycles. The van der Waals surface area contributed by atoms with Gasteiger partial charge in [0.25, 0.3) is 0 Å². The molecule has 138 valence electrons. The molecule has 0 atom stereocenters. The first-order chi connectivity index (χ1) is 13.1. The van der Waals surface area contributed by atoms with Gasteiger partial charge in [0.15, 0.2) is 5.65 Å². The largest absolute Gasteiger partial charge is 0.476 e. The Bertz CT molecular complexity index is 975. The maximum Gasteiger partial charge on any atom is 0.234 e. The van der Waals surface area contributed by atoms with Gasteiger partial charge >= 0.3 is 0 Å². The Labute approximate surface area is 156 Å². The van der Waals surface area contributed by atoms with Gasteiger partial charge in [-0.2, -0.15) is 20.3 Å². The average Bonchev–Trinajstić information content (AvgIpc) is 3.07. The average molecular weight is 364 g/mol. The van der Waals surface area contributed by atoms with Gasteiger partial charge in [0.2, 0.25) is 17.7 Å². The number of aromatic nitrogens is 4. The first-order valence-electron chi connectivity index (χ1n) is 8.67. The molecule has 27 heavy (non-hydrogen) atoms. The molecular formula is C19H20N6O2. The lowest BCUT2D eigenvalue weighted by atomic mass is 10.1. The van der Waals surface area contributed by atoms with Crippen molar-refractivity contribution in [1.82, 2.24) is 19.7 Å². The Morgan fingerprint density at radius 2 is 2.07 bits per heavy atom. The molecule has 0 aliphatic rings. The molecule has 1 N–H and O–H groups in total. The van der Waals surface area contributed by atoms with Crippen LogP contribution in [0.15, 0.2) is 36.5 Å². The number of hydrogen-bond acceptors (Lipinski definition) is 6. The molecule has 0 aliphatic heterocycles. The Balaban J connectivity index is 1.88. The van der Waals surface area contributed by atoms with E-state index in [0.717, 1.165) is 5.56 Å². The van der Waals surface area contributed by atoms with Gasteiger partial charge in [-0.1, -0.05) is 30.3 Å². The standard InChI is InChI=1S/C19H20N6O2/c1-13(2)25-17-15(12-21-25)18(27-10-6-9-20)24-19(23-17)22-16(26)11-14-7-4-3-5-8-14/h3-5,7-8,12-13H,6,10-11H2,1-2H3,(H,22,23,24,26). The lowest BCUT2D eigenvalue weighted by molar-refractivity contribution is -0.115. The highest BCUT2D eigenvalue weighted by molar-refractivity contribution is 5.92. The zero-order valence-electron chi connectivity index (χ0n) is 15.2. The van der Waals surface area contributed by atoms with Crippen molar-refractivity contribution in [1.29, 1.82) is 5.26 Å². The summed E-state index contributed by atoms with van der Waals surface area (Å²) in [6.07, 6.45) is 2.09. The van der Waals surface area contributed by atoms with Crippen molar-refractivity contribution in [2.24, 2.45) is 0 Å². The van der Waals surface area contributed by atoms with Crippen LogP contribution in [0.2, 0.25) is 0 Å². The molecule has 2 aromatic heterocycles. The van der Waals surface area contributed by atoms with E-state index in [4.69, 9.17) is 10.00 Å². The molecule has 0 radical (unpaired) electrons. The first-order valence-corrected chi connectivity index (χ1v) is 8.67. The molecule has 3 aromatic rings. The van der Waals surface area contributed by atoms with Crippen molar-refractivity contribution in [2.45, 2.75) is 32.7 Å². The van der Waals surface area contributed by atoms with Gasteiger partial charge in [-0.05, 0) is 19.4 Å². The molecule has 0 saturated carbocycles. The summed E-state index contributed by atoms with van der Waals surface area (Å²) in [6, 6.07) is 11.5. The summed E-state index contributed by atoms with van der Waals surface area (Å²) >= 11 is 0. The van der Waals surface area contributed by atoms with Crippen molar-refractivity contribution < 1.29 is 9.53 Å². The number of anilines is 1. The van der Waals surface area contributed by atoms with Crippen LogP contribution in [0.4, 0.5) is 5.95 Å². The number of rotatable bonds is 7. The second-order valence-electron chi connectivity index (χ2n) is 6.24. The normalized spacial score (nSPS) is 10.7. The summed E-state index contributed by atoms with van der Waals surface area (Å²) in [5.74, 6) is 0.231. The smallest absolute Gasteiger partial charge is 0.234 e. The third-order valence-electron chi connectivity index (χ3n) is 3.82. The third kappa shape index (κ3) is 4.39. The molecule has 3 rings (SSSR count). The summed E-state index contributed by atoms with van der Waals surface area (Å²) in [4.78, 5) is 21.1. The molecule has 8 heteroatoms. The van der Waals surface area contributed by atoms with Crippen molar-refractivity contribution in [2.75, 3.05) is 11.9 Å². The molecule has 0 fully saturated rings.